The van der Waals surface area contributed by atoms with Crippen molar-refractivity contribution < 1.29 is 4.79 Å². The van der Waals surface area contributed by atoms with Crippen LogP contribution in [0.4, 0.5) is 15.6 Å². The number of benzene rings is 1. The Bertz CT molecular complexity index is 669. The van der Waals surface area contributed by atoms with Gasteiger partial charge in [0.2, 0.25) is 5.13 Å². The third-order valence-corrected chi connectivity index (χ3v) is 4.50. The number of nitrogens with zero attached hydrogens (tertiary/aromatic N) is 2. The lowest BCUT2D eigenvalue weighted by atomic mass is 10.1. The van der Waals surface area contributed by atoms with E-state index >= 15 is 0 Å². The van der Waals surface area contributed by atoms with Crippen molar-refractivity contribution >= 4 is 28.2 Å². The van der Waals surface area contributed by atoms with Gasteiger partial charge >= 0.3 is 6.03 Å². The number of fused-ring (bicyclic) bond motifs is 1. The number of aromatic nitrogens is 2. The Balaban J connectivity index is 1.66. The summed E-state index contributed by atoms with van der Waals surface area (Å²) in [7, 11) is 0. The summed E-state index contributed by atoms with van der Waals surface area (Å²) in [5.74, 6) is 0. The number of aryl methyl sites for hydroxylation is 1. The third-order valence-electron chi connectivity index (χ3n) is 3.57. The van der Waals surface area contributed by atoms with Gasteiger partial charge in [0, 0.05) is 5.69 Å². The molecule has 1 aliphatic carbocycles. The fraction of sp³-hybridized carbons (Fsp3) is 0.357. The molecule has 21 heavy (non-hydrogen) atoms. The van der Waals surface area contributed by atoms with Gasteiger partial charge in [-0.15, -0.1) is 10.2 Å². The molecule has 4 N–H and O–H groups in total. The van der Waals surface area contributed by atoms with Crippen molar-refractivity contribution in [2.24, 2.45) is 0 Å². The maximum Gasteiger partial charge on any atom is 0.319 e. The normalized spacial score (nSPS) is 14.5. The maximum absolute atomic E-state index is 12.1. The lowest BCUT2D eigenvalue weighted by Crippen LogP contribution is -2.31. The molecular weight excluding hydrogens is 286 g/mol. The molecule has 0 fully saturated rings. The summed E-state index contributed by atoms with van der Waals surface area (Å²) in [6.45, 7) is 1.86. The zero-order chi connectivity index (χ0) is 14.8. The topological polar surface area (TPSA) is 92.9 Å². The van der Waals surface area contributed by atoms with Gasteiger partial charge in [0.25, 0.3) is 0 Å². The number of carbonyl (C=O) groups excluding carboxylic acids is 1. The van der Waals surface area contributed by atoms with Gasteiger partial charge in [-0.3, -0.25) is 0 Å². The first-order valence-corrected chi connectivity index (χ1v) is 7.72. The van der Waals surface area contributed by atoms with Crippen LogP contribution in [0.2, 0.25) is 0 Å². The SMILES string of the molecule is C[C@H](NC(=O)Nc1cccc2c1CCC2)c1nnc(N)s1. The van der Waals surface area contributed by atoms with Crippen molar-refractivity contribution in [1.82, 2.24) is 15.5 Å². The van der Waals surface area contributed by atoms with Crippen LogP contribution in [0.1, 0.15) is 35.5 Å². The molecular formula is C14H17N5OS. The van der Waals surface area contributed by atoms with E-state index in [2.05, 4.69) is 26.9 Å². The molecule has 6 nitrogen and oxygen atoms in total. The lowest BCUT2D eigenvalue weighted by molar-refractivity contribution is 0.249. The summed E-state index contributed by atoms with van der Waals surface area (Å²) in [4.78, 5) is 12.1. The number of nitrogens with one attached hydrogen (secondary N) is 2. The zero-order valence-electron chi connectivity index (χ0n) is 11.7. The average Bonchev–Trinajstić information content (AvgIpc) is 3.07. The molecule has 0 bridgehead atoms. The van der Waals surface area contributed by atoms with E-state index in [0.29, 0.717) is 10.1 Å². The maximum atomic E-state index is 12.1. The van der Waals surface area contributed by atoms with Crippen molar-refractivity contribution in [1.29, 1.82) is 0 Å². The van der Waals surface area contributed by atoms with Crippen molar-refractivity contribution in [2.45, 2.75) is 32.2 Å². The first-order chi connectivity index (χ1) is 10.1. The van der Waals surface area contributed by atoms with Gasteiger partial charge in [0.15, 0.2) is 0 Å². The number of amides is 2. The Morgan fingerprint density at radius 2 is 2.24 bits per heavy atom. The highest BCUT2D eigenvalue weighted by atomic mass is 32.1. The monoisotopic (exact) mass is 303 g/mol. The van der Waals surface area contributed by atoms with Crippen molar-refractivity contribution in [2.75, 3.05) is 11.1 Å². The smallest absolute Gasteiger partial charge is 0.319 e. The second-order valence-corrected chi connectivity index (χ2v) is 6.14. The van der Waals surface area contributed by atoms with Crippen LogP contribution < -0.4 is 16.4 Å². The van der Waals surface area contributed by atoms with Crippen molar-refractivity contribution in [3.8, 4) is 0 Å². The van der Waals surface area contributed by atoms with Gasteiger partial charge in [0.05, 0.1) is 6.04 Å². The van der Waals surface area contributed by atoms with E-state index in [4.69, 9.17) is 5.73 Å². The summed E-state index contributed by atoms with van der Waals surface area (Å²) < 4.78 is 0. The van der Waals surface area contributed by atoms with E-state index in [0.717, 1.165) is 24.9 Å². The van der Waals surface area contributed by atoms with Gasteiger partial charge in [-0.25, -0.2) is 4.79 Å². The van der Waals surface area contributed by atoms with Gasteiger partial charge in [-0.05, 0) is 43.4 Å². The van der Waals surface area contributed by atoms with Crippen LogP contribution >= 0.6 is 11.3 Å². The minimum absolute atomic E-state index is 0.225. The van der Waals surface area contributed by atoms with Crippen LogP contribution in [0, 0.1) is 0 Å². The molecule has 2 amide bonds. The Morgan fingerprint density at radius 1 is 1.38 bits per heavy atom. The number of hydrogen-bond donors (Lipinski definition) is 3. The minimum atomic E-state index is -0.239. The first kappa shape index (κ1) is 13.8. The Morgan fingerprint density at radius 3 is 3.00 bits per heavy atom. The highest BCUT2D eigenvalue weighted by Crippen LogP contribution is 2.28. The molecule has 7 heteroatoms. The van der Waals surface area contributed by atoms with E-state index < -0.39 is 0 Å². The number of hydrogen-bond acceptors (Lipinski definition) is 5. The van der Waals surface area contributed by atoms with Gasteiger partial charge in [-0.2, -0.15) is 0 Å². The highest BCUT2D eigenvalue weighted by molar-refractivity contribution is 7.15. The molecule has 0 saturated heterocycles. The predicted molar refractivity (Wildman–Crippen MR) is 83.4 cm³/mol. The average molecular weight is 303 g/mol. The number of rotatable bonds is 3. The van der Waals surface area contributed by atoms with E-state index in [9.17, 15) is 4.79 Å². The van der Waals surface area contributed by atoms with E-state index in [1.807, 2.05) is 19.1 Å². The summed E-state index contributed by atoms with van der Waals surface area (Å²) >= 11 is 1.28. The third kappa shape index (κ3) is 2.97. The molecule has 1 atom stereocenters. The second-order valence-electron chi connectivity index (χ2n) is 5.10. The largest absolute Gasteiger partial charge is 0.374 e. The highest BCUT2D eigenvalue weighted by Gasteiger charge is 2.17. The summed E-state index contributed by atoms with van der Waals surface area (Å²) in [5, 5.41) is 14.6. The van der Waals surface area contributed by atoms with Gasteiger partial charge < -0.3 is 16.4 Å². The zero-order valence-corrected chi connectivity index (χ0v) is 12.5. The quantitative estimate of drug-likeness (QED) is 0.812. The summed E-state index contributed by atoms with van der Waals surface area (Å²) in [6.07, 6.45) is 3.26. The van der Waals surface area contributed by atoms with Crippen LogP contribution in [0.25, 0.3) is 0 Å². The standard InChI is InChI=1S/C14H17N5OS/c1-8(12-18-19-13(15)21-12)16-14(20)17-11-7-3-5-9-4-2-6-10(9)11/h3,5,7-8H,2,4,6H2,1H3,(H2,15,19)(H2,16,17,20)/t8-/m0/s1. The Labute approximate surface area is 126 Å². The summed E-state index contributed by atoms with van der Waals surface area (Å²) in [6, 6.07) is 5.58. The number of carbonyl (C=O) groups is 1. The van der Waals surface area contributed by atoms with E-state index in [1.165, 1.54) is 22.5 Å². The molecule has 1 aliphatic rings. The molecule has 0 spiro atoms. The summed E-state index contributed by atoms with van der Waals surface area (Å²) in [5.41, 5.74) is 9.03. The number of anilines is 2. The van der Waals surface area contributed by atoms with Crippen LogP contribution in [-0.2, 0) is 12.8 Å². The van der Waals surface area contributed by atoms with Crippen LogP contribution in [0.5, 0.6) is 0 Å². The molecule has 1 aromatic carbocycles. The fourth-order valence-corrected chi connectivity index (χ4v) is 3.19. The molecule has 1 aromatic heterocycles. The predicted octanol–water partition coefficient (Wildman–Crippen LogP) is 2.49. The van der Waals surface area contributed by atoms with Gasteiger partial charge in [0.1, 0.15) is 5.01 Å². The molecule has 0 unspecified atom stereocenters. The van der Waals surface area contributed by atoms with Gasteiger partial charge in [-0.1, -0.05) is 23.5 Å². The first-order valence-electron chi connectivity index (χ1n) is 6.90. The van der Waals surface area contributed by atoms with Crippen LogP contribution in [-0.4, -0.2) is 16.2 Å². The number of urea groups is 1. The second kappa shape index (κ2) is 5.69. The lowest BCUT2D eigenvalue weighted by Gasteiger charge is -2.14. The van der Waals surface area contributed by atoms with Crippen molar-refractivity contribution in [3.05, 3.63) is 34.3 Å². The van der Waals surface area contributed by atoms with E-state index in [-0.39, 0.29) is 12.1 Å². The molecule has 0 saturated carbocycles. The molecule has 110 valence electrons. The molecule has 0 radical (unpaired) electrons. The van der Waals surface area contributed by atoms with Crippen LogP contribution in [0.15, 0.2) is 18.2 Å². The van der Waals surface area contributed by atoms with Crippen molar-refractivity contribution in [3.63, 3.8) is 0 Å². The van der Waals surface area contributed by atoms with Crippen LogP contribution in [0.3, 0.4) is 0 Å². The molecule has 3 rings (SSSR count). The Kier molecular flexibility index (Phi) is 3.74. The molecule has 0 aliphatic heterocycles. The van der Waals surface area contributed by atoms with E-state index in [1.54, 1.807) is 0 Å². The Hall–Kier alpha value is -2.15. The number of nitrogen functional groups attached to an aromatic ring is 1. The fourth-order valence-electron chi connectivity index (χ4n) is 2.58. The molecule has 1 heterocycles. The minimum Gasteiger partial charge on any atom is -0.374 e. The number of nitrogens with two attached hydrogens (primary N) is 1. The molecule has 2 aromatic rings.